The van der Waals surface area contributed by atoms with Crippen LogP contribution in [-0.2, 0) is 0 Å². The van der Waals surface area contributed by atoms with E-state index in [1.807, 2.05) is 23.1 Å². The predicted octanol–water partition coefficient (Wildman–Crippen LogP) is 4.31. The summed E-state index contributed by atoms with van der Waals surface area (Å²) in [6.45, 7) is 8.06. The highest BCUT2D eigenvalue weighted by Gasteiger charge is 2.25. The summed E-state index contributed by atoms with van der Waals surface area (Å²) in [7, 11) is 0. The third-order valence-corrected chi connectivity index (χ3v) is 5.37. The Hall–Kier alpha value is 0.0100. The maximum atomic E-state index is 3.72. The number of thiophene rings is 1. The fraction of sp³-hybridized carbons (Fsp3) is 0.692. The molecule has 0 spiro atoms. The summed E-state index contributed by atoms with van der Waals surface area (Å²) in [5.41, 5.74) is 1.54. The number of hydrogen-bond donors (Lipinski definition) is 1. The van der Waals surface area contributed by atoms with Crippen LogP contribution in [0.25, 0.3) is 0 Å². The second-order valence-electron chi connectivity index (χ2n) is 5.02. The van der Waals surface area contributed by atoms with E-state index in [9.17, 15) is 0 Å². The lowest BCUT2D eigenvalue weighted by Crippen LogP contribution is -2.27. The smallest absolute Gasteiger partial charge is 0.0649 e. The Labute approximate surface area is 107 Å². The molecule has 90 valence electrons. The lowest BCUT2D eigenvalue weighted by Gasteiger charge is -2.27. The second kappa shape index (κ2) is 5.56. The molecule has 16 heavy (non-hydrogen) atoms. The van der Waals surface area contributed by atoms with Crippen LogP contribution in [0, 0.1) is 5.92 Å². The van der Waals surface area contributed by atoms with Gasteiger partial charge in [0.2, 0.25) is 0 Å². The average Bonchev–Trinajstić information content (AvgIpc) is 2.64. The molecule has 3 heteroatoms. The molecule has 0 saturated heterocycles. The summed E-state index contributed by atoms with van der Waals surface area (Å²) < 4.78 is 1.53. The molecular formula is C13H21NS2. The predicted molar refractivity (Wildman–Crippen MR) is 74.5 cm³/mol. The normalized spacial score (nSPS) is 24.8. The van der Waals surface area contributed by atoms with Gasteiger partial charge in [-0.3, -0.25) is 0 Å². The van der Waals surface area contributed by atoms with E-state index in [4.69, 9.17) is 0 Å². The molecule has 0 aromatic carbocycles. The van der Waals surface area contributed by atoms with Crippen LogP contribution in [0.15, 0.2) is 15.7 Å². The first-order chi connectivity index (χ1) is 7.66. The third-order valence-electron chi connectivity index (χ3n) is 3.02. The van der Waals surface area contributed by atoms with Crippen molar-refractivity contribution in [1.29, 1.82) is 0 Å². The van der Waals surface area contributed by atoms with Gasteiger partial charge in [-0.2, -0.15) is 0 Å². The number of rotatable bonds is 4. The van der Waals surface area contributed by atoms with Gasteiger partial charge in [0.1, 0.15) is 0 Å². The minimum Gasteiger partial charge on any atom is -0.310 e. The molecule has 0 bridgehead atoms. The highest BCUT2D eigenvalue weighted by atomic mass is 32.2. The highest BCUT2D eigenvalue weighted by Crippen LogP contribution is 2.43. The molecule has 1 aromatic heterocycles. The zero-order valence-corrected chi connectivity index (χ0v) is 12.0. The minimum atomic E-state index is 0.594. The number of nitrogens with one attached hydrogen (secondary N) is 1. The standard InChI is InChI=1S/C13H21NS2/c1-9(2)4-6-14-12-8-10(3)16-13-11(12)5-7-15-13/h5,7,9-10,12,14H,4,6,8H2,1-3H3/t10-,12?/m0/s1. The molecule has 0 amide bonds. The van der Waals surface area contributed by atoms with Crippen molar-refractivity contribution in [2.75, 3.05) is 6.54 Å². The summed E-state index contributed by atoms with van der Waals surface area (Å²) in [5, 5.41) is 6.70. The number of thioether (sulfide) groups is 1. The molecule has 0 fully saturated rings. The van der Waals surface area contributed by atoms with Crippen LogP contribution in [0.3, 0.4) is 0 Å². The summed E-state index contributed by atoms with van der Waals surface area (Å²) in [4.78, 5) is 0. The lowest BCUT2D eigenvalue weighted by molar-refractivity contribution is 0.452. The van der Waals surface area contributed by atoms with Crippen LogP contribution in [0.2, 0.25) is 0 Å². The van der Waals surface area contributed by atoms with Crippen LogP contribution in [-0.4, -0.2) is 11.8 Å². The summed E-state index contributed by atoms with van der Waals surface area (Å²) in [6.07, 6.45) is 2.55. The van der Waals surface area contributed by atoms with Crippen molar-refractivity contribution in [2.45, 2.75) is 49.1 Å². The molecule has 1 N–H and O–H groups in total. The Kier molecular flexibility index (Phi) is 4.34. The number of hydrogen-bond acceptors (Lipinski definition) is 3. The number of fused-ring (bicyclic) bond motifs is 1. The van der Waals surface area contributed by atoms with Crippen molar-refractivity contribution in [3.05, 3.63) is 17.0 Å². The van der Waals surface area contributed by atoms with Crippen molar-refractivity contribution in [1.82, 2.24) is 5.32 Å². The maximum Gasteiger partial charge on any atom is 0.0649 e. The Morgan fingerprint density at radius 3 is 3.06 bits per heavy atom. The first-order valence-electron chi connectivity index (χ1n) is 6.14. The van der Waals surface area contributed by atoms with Gasteiger partial charge < -0.3 is 5.32 Å². The largest absolute Gasteiger partial charge is 0.310 e. The van der Waals surface area contributed by atoms with E-state index < -0.39 is 0 Å². The van der Waals surface area contributed by atoms with Gasteiger partial charge in [0.05, 0.1) is 4.21 Å². The fourth-order valence-corrected chi connectivity index (χ4v) is 4.66. The molecule has 2 atom stereocenters. The fourth-order valence-electron chi connectivity index (χ4n) is 2.09. The first-order valence-corrected chi connectivity index (χ1v) is 7.90. The second-order valence-corrected chi connectivity index (χ2v) is 7.64. The minimum absolute atomic E-state index is 0.594. The van der Waals surface area contributed by atoms with Gasteiger partial charge >= 0.3 is 0 Å². The van der Waals surface area contributed by atoms with Gasteiger partial charge in [-0.1, -0.05) is 20.8 Å². The third kappa shape index (κ3) is 3.02. The van der Waals surface area contributed by atoms with Crippen LogP contribution in [0.5, 0.6) is 0 Å². The summed E-state index contributed by atoms with van der Waals surface area (Å²) in [5.74, 6) is 0.796. The Bertz CT molecular complexity index is 332. The molecule has 1 nitrogen and oxygen atoms in total. The topological polar surface area (TPSA) is 12.0 Å². The molecule has 0 saturated carbocycles. The SMILES string of the molecule is CC(C)CCNC1C[C@H](C)Sc2sccc21. The van der Waals surface area contributed by atoms with Crippen molar-refractivity contribution in [2.24, 2.45) is 5.92 Å². The van der Waals surface area contributed by atoms with Crippen LogP contribution < -0.4 is 5.32 Å². The van der Waals surface area contributed by atoms with E-state index in [-0.39, 0.29) is 0 Å². The molecule has 2 heterocycles. The van der Waals surface area contributed by atoms with Gasteiger partial charge in [-0.25, -0.2) is 0 Å². The van der Waals surface area contributed by atoms with E-state index in [1.54, 1.807) is 0 Å². The quantitative estimate of drug-likeness (QED) is 0.860. The van der Waals surface area contributed by atoms with Gasteiger partial charge in [0, 0.05) is 11.3 Å². The van der Waals surface area contributed by atoms with Gasteiger partial charge in [-0.15, -0.1) is 23.1 Å². The molecule has 1 aromatic rings. The molecule has 0 aliphatic carbocycles. The zero-order chi connectivity index (χ0) is 11.5. The van der Waals surface area contributed by atoms with Crippen molar-refractivity contribution in [3.63, 3.8) is 0 Å². The van der Waals surface area contributed by atoms with E-state index >= 15 is 0 Å². The molecule has 1 unspecified atom stereocenters. The molecule has 2 rings (SSSR count). The van der Waals surface area contributed by atoms with Crippen molar-refractivity contribution < 1.29 is 0 Å². The molecule has 0 radical (unpaired) electrons. The Morgan fingerprint density at radius 1 is 1.50 bits per heavy atom. The monoisotopic (exact) mass is 255 g/mol. The lowest BCUT2D eigenvalue weighted by atomic mass is 10.0. The Balaban J connectivity index is 1.95. The van der Waals surface area contributed by atoms with Crippen LogP contribution >= 0.6 is 23.1 Å². The van der Waals surface area contributed by atoms with E-state index in [0.717, 1.165) is 17.7 Å². The van der Waals surface area contributed by atoms with Crippen LogP contribution in [0.1, 0.15) is 45.2 Å². The summed E-state index contributed by atoms with van der Waals surface area (Å²) in [6, 6.07) is 2.89. The first kappa shape index (κ1) is 12.5. The van der Waals surface area contributed by atoms with Crippen molar-refractivity contribution in [3.8, 4) is 0 Å². The van der Waals surface area contributed by atoms with Gasteiger partial charge in [0.15, 0.2) is 0 Å². The van der Waals surface area contributed by atoms with Crippen molar-refractivity contribution >= 4 is 23.1 Å². The average molecular weight is 255 g/mol. The van der Waals surface area contributed by atoms with Gasteiger partial charge in [0.25, 0.3) is 0 Å². The summed E-state index contributed by atoms with van der Waals surface area (Å²) >= 11 is 3.94. The van der Waals surface area contributed by atoms with E-state index in [0.29, 0.717) is 6.04 Å². The van der Waals surface area contributed by atoms with E-state index in [2.05, 4.69) is 37.5 Å². The highest BCUT2D eigenvalue weighted by molar-refractivity contribution is 8.01. The van der Waals surface area contributed by atoms with E-state index in [1.165, 1.54) is 22.6 Å². The van der Waals surface area contributed by atoms with Gasteiger partial charge in [-0.05, 0) is 42.3 Å². The van der Waals surface area contributed by atoms with Crippen LogP contribution in [0.4, 0.5) is 0 Å². The Morgan fingerprint density at radius 2 is 2.31 bits per heavy atom. The molecule has 1 aliphatic heterocycles. The maximum absolute atomic E-state index is 3.72. The zero-order valence-electron chi connectivity index (χ0n) is 10.3. The molecular weight excluding hydrogens is 234 g/mol. The molecule has 1 aliphatic rings.